The first-order chi connectivity index (χ1) is 9.84. The standard InChI is InChI=1S/C13H11F3N2O3/c1-3-20-12(19)8-6-17-11(9-7(2)4-5-21-9)18-10(8)13(14,15)16/h4-6H,3H2,1-2H3. The molecule has 2 heterocycles. The van der Waals surface area contributed by atoms with Crippen LogP contribution in [0.5, 0.6) is 0 Å². The fourth-order valence-corrected chi connectivity index (χ4v) is 1.67. The lowest BCUT2D eigenvalue weighted by Crippen LogP contribution is -2.18. The molecule has 5 nitrogen and oxygen atoms in total. The molecule has 0 saturated carbocycles. The summed E-state index contributed by atoms with van der Waals surface area (Å²) in [6.07, 6.45) is -2.69. The van der Waals surface area contributed by atoms with Gasteiger partial charge in [0, 0.05) is 6.20 Å². The fourth-order valence-electron chi connectivity index (χ4n) is 1.67. The van der Waals surface area contributed by atoms with E-state index in [4.69, 9.17) is 4.42 Å². The Bertz CT molecular complexity index is 665. The molecule has 2 rings (SSSR count). The summed E-state index contributed by atoms with van der Waals surface area (Å²) in [4.78, 5) is 18.7. The molecule has 0 N–H and O–H groups in total. The molecule has 0 bridgehead atoms. The Labute approximate surface area is 117 Å². The Balaban J connectivity index is 2.55. The topological polar surface area (TPSA) is 65.2 Å². The van der Waals surface area contributed by atoms with Crippen LogP contribution in [-0.4, -0.2) is 22.5 Å². The number of ether oxygens (including phenoxy) is 1. The van der Waals surface area contributed by atoms with E-state index >= 15 is 0 Å². The van der Waals surface area contributed by atoms with Crippen LogP contribution in [0.2, 0.25) is 0 Å². The third-order valence-corrected chi connectivity index (χ3v) is 2.62. The minimum atomic E-state index is -4.81. The molecule has 0 aliphatic heterocycles. The number of halogens is 3. The lowest BCUT2D eigenvalue weighted by molar-refractivity contribution is -0.141. The van der Waals surface area contributed by atoms with Gasteiger partial charge in [-0.15, -0.1) is 0 Å². The summed E-state index contributed by atoms with van der Waals surface area (Å²) in [6, 6.07) is 1.57. The van der Waals surface area contributed by atoms with E-state index < -0.39 is 23.4 Å². The second kappa shape index (κ2) is 5.55. The van der Waals surface area contributed by atoms with E-state index in [0.717, 1.165) is 6.20 Å². The normalized spacial score (nSPS) is 11.5. The van der Waals surface area contributed by atoms with E-state index in [2.05, 4.69) is 14.7 Å². The van der Waals surface area contributed by atoms with Crippen molar-refractivity contribution in [1.82, 2.24) is 9.97 Å². The maximum atomic E-state index is 13.0. The highest BCUT2D eigenvalue weighted by Crippen LogP contribution is 2.32. The summed E-state index contributed by atoms with van der Waals surface area (Å²) < 4.78 is 48.8. The van der Waals surface area contributed by atoms with Gasteiger partial charge in [0.15, 0.2) is 17.3 Å². The monoisotopic (exact) mass is 300 g/mol. The molecule has 0 aromatic carbocycles. The van der Waals surface area contributed by atoms with Crippen LogP contribution >= 0.6 is 0 Å². The van der Waals surface area contributed by atoms with Gasteiger partial charge in [-0.2, -0.15) is 13.2 Å². The van der Waals surface area contributed by atoms with Crippen LogP contribution in [0.4, 0.5) is 13.2 Å². The summed E-state index contributed by atoms with van der Waals surface area (Å²) in [5.41, 5.74) is -1.48. The predicted octanol–water partition coefficient (Wildman–Crippen LogP) is 3.24. The van der Waals surface area contributed by atoms with Gasteiger partial charge in [-0.3, -0.25) is 0 Å². The van der Waals surface area contributed by atoms with Crippen molar-refractivity contribution in [1.29, 1.82) is 0 Å². The van der Waals surface area contributed by atoms with Crippen molar-refractivity contribution in [3.8, 4) is 11.6 Å². The van der Waals surface area contributed by atoms with Crippen molar-refractivity contribution in [2.45, 2.75) is 20.0 Å². The Kier molecular flexibility index (Phi) is 3.97. The molecule has 0 spiro atoms. The number of carbonyl (C=O) groups is 1. The molecule has 2 aromatic heterocycles. The first-order valence-electron chi connectivity index (χ1n) is 6.00. The van der Waals surface area contributed by atoms with Crippen LogP contribution in [0.25, 0.3) is 11.6 Å². The Morgan fingerprint density at radius 3 is 2.67 bits per heavy atom. The molecule has 0 aliphatic carbocycles. The van der Waals surface area contributed by atoms with E-state index in [0.29, 0.717) is 5.56 Å². The van der Waals surface area contributed by atoms with Crippen LogP contribution in [0, 0.1) is 6.92 Å². The van der Waals surface area contributed by atoms with E-state index in [9.17, 15) is 18.0 Å². The van der Waals surface area contributed by atoms with Crippen LogP contribution < -0.4 is 0 Å². The van der Waals surface area contributed by atoms with Crippen LogP contribution in [0.1, 0.15) is 28.5 Å². The molecule has 0 unspecified atom stereocenters. The number of carbonyl (C=O) groups excluding carboxylic acids is 1. The predicted molar refractivity (Wildman–Crippen MR) is 65.4 cm³/mol. The summed E-state index contributed by atoms with van der Waals surface area (Å²) in [7, 11) is 0. The van der Waals surface area contributed by atoms with Crippen molar-refractivity contribution in [2.75, 3.05) is 6.61 Å². The molecule has 0 aliphatic rings. The number of furan rings is 1. The van der Waals surface area contributed by atoms with Crippen LogP contribution in [0.3, 0.4) is 0 Å². The number of alkyl halides is 3. The van der Waals surface area contributed by atoms with Gasteiger partial charge in [-0.05, 0) is 25.5 Å². The summed E-state index contributed by atoms with van der Waals surface area (Å²) in [6.45, 7) is 3.09. The van der Waals surface area contributed by atoms with Gasteiger partial charge in [-0.25, -0.2) is 14.8 Å². The molecule has 112 valence electrons. The van der Waals surface area contributed by atoms with Crippen LogP contribution in [-0.2, 0) is 10.9 Å². The first kappa shape index (κ1) is 15.0. The smallest absolute Gasteiger partial charge is 0.434 e. The van der Waals surface area contributed by atoms with Crippen LogP contribution in [0.15, 0.2) is 22.9 Å². The lowest BCUT2D eigenvalue weighted by Gasteiger charge is -2.11. The Morgan fingerprint density at radius 1 is 1.43 bits per heavy atom. The van der Waals surface area contributed by atoms with Crippen molar-refractivity contribution >= 4 is 5.97 Å². The highest BCUT2D eigenvalue weighted by molar-refractivity contribution is 5.90. The fraction of sp³-hybridized carbons (Fsp3) is 0.308. The van der Waals surface area contributed by atoms with E-state index in [1.54, 1.807) is 13.0 Å². The molecule has 21 heavy (non-hydrogen) atoms. The highest BCUT2D eigenvalue weighted by atomic mass is 19.4. The number of hydrogen-bond acceptors (Lipinski definition) is 5. The highest BCUT2D eigenvalue weighted by Gasteiger charge is 2.39. The van der Waals surface area contributed by atoms with Crippen molar-refractivity contribution < 1.29 is 27.1 Å². The minimum absolute atomic E-state index is 0.0465. The maximum absolute atomic E-state index is 13.0. The molecular formula is C13H11F3N2O3. The van der Waals surface area contributed by atoms with Gasteiger partial charge >= 0.3 is 12.1 Å². The van der Waals surface area contributed by atoms with Gasteiger partial charge in [0.1, 0.15) is 5.56 Å². The first-order valence-corrected chi connectivity index (χ1v) is 6.00. The number of nitrogens with zero attached hydrogens (tertiary/aromatic N) is 2. The number of rotatable bonds is 3. The summed E-state index contributed by atoms with van der Waals surface area (Å²) in [5, 5.41) is 0. The molecule has 0 saturated heterocycles. The third kappa shape index (κ3) is 3.04. The summed E-state index contributed by atoms with van der Waals surface area (Å²) >= 11 is 0. The maximum Gasteiger partial charge on any atom is 0.434 e. The number of aryl methyl sites for hydroxylation is 1. The molecule has 8 heteroatoms. The van der Waals surface area contributed by atoms with Gasteiger partial charge in [-0.1, -0.05) is 0 Å². The minimum Gasteiger partial charge on any atom is -0.462 e. The zero-order valence-corrected chi connectivity index (χ0v) is 11.2. The molecule has 2 aromatic rings. The Morgan fingerprint density at radius 2 is 2.14 bits per heavy atom. The molecule has 0 radical (unpaired) electrons. The van der Waals surface area contributed by atoms with Crippen molar-refractivity contribution in [3.05, 3.63) is 35.3 Å². The zero-order chi connectivity index (χ0) is 15.6. The van der Waals surface area contributed by atoms with Crippen molar-refractivity contribution in [2.24, 2.45) is 0 Å². The molecule has 0 atom stereocenters. The molecule has 0 fully saturated rings. The van der Waals surface area contributed by atoms with Gasteiger partial charge in [0.2, 0.25) is 0 Å². The SMILES string of the molecule is CCOC(=O)c1cnc(-c2occc2C)nc1C(F)(F)F. The zero-order valence-electron chi connectivity index (χ0n) is 11.2. The average molecular weight is 300 g/mol. The van der Waals surface area contributed by atoms with E-state index in [1.165, 1.54) is 13.2 Å². The average Bonchev–Trinajstić information content (AvgIpc) is 2.83. The lowest BCUT2D eigenvalue weighted by atomic mass is 10.2. The largest absolute Gasteiger partial charge is 0.462 e. The van der Waals surface area contributed by atoms with Gasteiger partial charge < -0.3 is 9.15 Å². The third-order valence-electron chi connectivity index (χ3n) is 2.62. The Hall–Kier alpha value is -2.38. The molecular weight excluding hydrogens is 289 g/mol. The van der Waals surface area contributed by atoms with Crippen molar-refractivity contribution in [3.63, 3.8) is 0 Å². The van der Waals surface area contributed by atoms with Gasteiger partial charge in [0.05, 0.1) is 12.9 Å². The van der Waals surface area contributed by atoms with E-state index in [1.807, 2.05) is 0 Å². The second-order valence-corrected chi connectivity index (χ2v) is 4.11. The number of hydrogen-bond donors (Lipinski definition) is 0. The summed E-state index contributed by atoms with van der Waals surface area (Å²) in [5.74, 6) is -1.23. The number of aromatic nitrogens is 2. The number of esters is 1. The van der Waals surface area contributed by atoms with Gasteiger partial charge in [0.25, 0.3) is 0 Å². The molecule has 0 amide bonds. The van der Waals surface area contributed by atoms with E-state index in [-0.39, 0.29) is 18.2 Å². The quantitative estimate of drug-likeness (QED) is 0.814. The second-order valence-electron chi connectivity index (χ2n) is 4.11.